The quantitative estimate of drug-likeness (QED) is 0.439. The van der Waals surface area contributed by atoms with Crippen LogP contribution in [0.2, 0.25) is 0 Å². The average Bonchev–Trinajstić information content (AvgIpc) is 1.65. The first kappa shape index (κ1) is 4.69. The summed E-state index contributed by atoms with van der Waals surface area (Å²) in [6.07, 6.45) is 3.45. The van der Waals surface area contributed by atoms with Crippen molar-refractivity contribution in [3.63, 3.8) is 0 Å². The van der Waals surface area contributed by atoms with Gasteiger partial charge >= 0.3 is 0 Å². The summed E-state index contributed by atoms with van der Waals surface area (Å²) in [6.45, 7) is 3.34. The lowest BCUT2D eigenvalue weighted by Gasteiger charge is -2.32. The third-order valence-electron chi connectivity index (χ3n) is 1.53. The van der Waals surface area contributed by atoms with Crippen LogP contribution in [0.3, 0.4) is 0 Å². The Morgan fingerprint density at radius 2 is 2.43 bits per heavy atom. The lowest BCUT2D eigenvalue weighted by Crippen LogP contribution is -2.30. The second-order valence-electron chi connectivity index (χ2n) is 1.95. The maximum Gasteiger partial charge on any atom is 0.0226 e. The zero-order valence-electron chi connectivity index (χ0n) is 4.94. The molecule has 0 unspecified atom stereocenters. The molecule has 0 atom stereocenters. The SMILES string of the molecule is C/C=C1/CCN1C. The zero-order valence-corrected chi connectivity index (χ0v) is 4.94. The second kappa shape index (κ2) is 1.57. The Morgan fingerprint density at radius 1 is 1.71 bits per heavy atom. The molecular formula is C6H11N. The maximum atomic E-state index is 2.26. The van der Waals surface area contributed by atoms with Gasteiger partial charge in [0.05, 0.1) is 0 Å². The molecule has 0 saturated carbocycles. The van der Waals surface area contributed by atoms with Crippen LogP contribution in [0, 0.1) is 0 Å². The largest absolute Gasteiger partial charge is 0.378 e. The van der Waals surface area contributed by atoms with Gasteiger partial charge in [0, 0.05) is 25.7 Å². The van der Waals surface area contributed by atoms with Crippen LogP contribution in [-0.2, 0) is 0 Å². The first-order chi connectivity index (χ1) is 3.34. The molecule has 40 valence electrons. The van der Waals surface area contributed by atoms with E-state index in [1.807, 2.05) is 0 Å². The molecule has 0 aliphatic carbocycles. The normalized spacial score (nSPS) is 25.4. The molecule has 0 amide bonds. The molecule has 1 heteroatoms. The lowest BCUT2D eigenvalue weighted by molar-refractivity contribution is 0.312. The van der Waals surface area contributed by atoms with Crippen molar-refractivity contribution in [3.05, 3.63) is 11.8 Å². The van der Waals surface area contributed by atoms with Crippen LogP contribution in [0.5, 0.6) is 0 Å². The maximum absolute atomic E-state index is 2.26. The van der Waals surface area contributed by atoms with Crippen LogP contribution in [-0.4, -0.2) is 18.5 Å². The smallest absolute Gasteiger partial charge is 0.0226 e. The molecule has 1 nitrogen and oxygen atoms in total. The molecule has 0 N–H and O–H groups in total. The molecule has 7 heavy (non-hydrogen) atoms. The third kappa shape index (κ3) is 0.625. The Morgan fingerprint density at radius 3 is 2.43 bits per heavy atom. The van der Waals surface area contributed by atoms with E-state index in [1.54, 1.807) is 0 Å². The molecule has 1 aliphatic heterocycles. The Hall–Kier alpha value is -0.460. The predicted molar refractivity (Wildman–Crippen MR) is 31.0 cm³/mol. The van der Waals surface area contributed by atoms with Crippen LogP contribution in [0.1, 0.15) is 13.3 Å². The molecule has 1 heterocycles. The van der Waals surface area contributed by atoms with Gasteiger partial charge in [-0.2, -0.15) is 0 Å². The minimum absolute atomic E-state index is 1.25. The van der Waals surface area contributed by atoms with Crippen LogP contribution in [0.4, 0.5) is 0 Å². The van der Waals surface area contributed by atoms with Crippen molar-refractivity contribution in [1.82, 2.24) is 4.90 Å². The number of hydrogen-bond acceptors (Lipinski definition) is 1. The highest BCUT2D eigenvalue weighted by Gasteiger charge is 2.12. The summed E-state index contributed by atoms with van der Waals surface area (Å²) in [5.74, 6) is 0. The van der Waals surface area contributed by atoms with Crippen LogP contribution >= 0.6 is 0 Å². The summed E-state index contributed by atoms with van der Waals surface area (Å²) in [4.78, 5) is 2.26. The zero-order chi connectivity index (χ0) is 5.28. The van der Waals surface area contributed by atoms with Crippen molar-refractivity contribution < 1.29 is 0 Å². The van der Waals surface area contributed by atoms with E-state index in [0.29, 0.717) is 0 Å². The predicted octanol–water partition coefficient (Wildman–Crippen LogP) is 1.23. The summed E-state index contributed by atoms with van der Waals surface area (Å²) < 4.78 is 0. The number of hydrogen-bond donors (Lipinski definition) is 0. The number of nitrogens with zero attached hydrogens (tertiary/aromatic N) is 1. The number of rotatable bonds is 0. The Labute approximate surface area is 44.6 Å². The van der Waals surface area contributed by atoms with E-state index in [4.69, 9.17) is 0 Å². The Balaban J connectivity index is 2.44. The monoisotopic (exact) mass is 97.1 g/mol. The van der Waals surface area contributed by atoms with Crippen LogP contribution in [0.15, 0.2) is 11.8 Å². The Kier molecular flexibility index (Phi) is 1.05. The van der Waals surface area contributed by atoms with Crippen molar-refractivity contribution in [1.29, 1.82) is 0 Å². The van der Waals surface area contributed by atoms with Gasteiger partial charge in [-0.25, -0.2) is 0 Å². The molecule has 1 saturated heterocycles. The van der Waals surface area contributed by atoms with E-state index >= 15 is 0 Å². The van der Waals surface area contributed by atoms with Crippen LogP contribution in [0.25, 0.3) is 0 Å². The topological polar surface area (TPSA) is 3.24 Å². The summed E-state index contributed by atoms with van der Waals surface area (Å²) in [5.41, 5.74) is 1.49. The van der Waals surface area contributed by atoms with Gasteiger partial charge in [-0.1, -0.05) is 6.08 Å². The summed E-state index contributed by atoms with van der Waals surface area (Å²) >= 11 is 0. The number of likely N-dealkylation sites (tertiary alicyclic amines) is 1. The van der Waals surface area contributed by atoms with E-state index in [0.717, 1.165) is 0 Å². The highest BCUT2D eigenvalue weighted by molar-refractivity contribution is 5.06. The fraction of sp³-hybridized carbons (Fsp3) is 0.667. The van der Waals surface area contributed by atoms with Crippen molar-refractivity contribution in [2.45, 2.75) is 13.3 Å². The van der Waals surface area contributed by atoms with Gasteiger partial charge in [-0.3, -0.25) is 0 Å². The van der Waals surface area contributed by atoms with Gasteiger partial charge in [-0.05, 0) is 6.92 Å². The number of allylic oxidation sites excluding steroid dienone is 1. The summed E-state index contributed by atoms with van der Waals surface area (Å²) in [6, 6.07) is 0. The Bertz CT molecular complexity index is 94.4. The van der Waals surface area contributed by atoms with E-state index in [1.165, 1.54) is 18.7 Å². The molecule has 0 aromatic heterocycles. The highest BCUT2D eigenvalue weighted by Crippen LogP contribution is 2.17. The first-order valence-electron chi connectivity index (χ1n) is 2.71. The molecule has 0 radical (unpaired) electrons. The lowest BCUT2D eigenvalue weighted by atomic mass is 10.1. The molecule has 0 aromatic carbocycles. The van der Waals surface area contributed by atoms with Gasteiger partial charge in [0.25, 0.3) is 0 Å². The highest BCUT2D eigenvalue weighted by atomic mass is 15.2. The second-order valence-corrected chi connectivity index (χ2v) is 1.95. The summed E-state index contributed by atoms with van der Waals surface area (Å²) in [5, 5.41) is 0. The molecule has 0 spiro atoms. The van der Waals surface area contributed by atoms with Gasteiger partial charge in [0.2, 0.25) is 0 Å². The van der Waals surface area contributed by atoms with Crippen LogP contribution < -0.4 is 0 Å². The van der Waals surface area contributed by atoms with Gasteiger partial charge < -0.3 is 4.90 Å². The summed E-state index contributed by atoms with van der Waals surface area (Å²) in [7, 11) is 2.12. The minimum atomic E-state index is 1.25. The molecule has 0 aromatic rings. The van der Waals surface area contributed by atoms with Crippen molar-refractivity contribution >= 4 is 0 Å². The molecule has 1 aliphatic rings. The minimum Gasteiger partial charge on any atom is -0.378 e. The van der Waals surface area contributed by atoms with Gasteiger partial charge in [0.15, 0.2) is 0 Å². The van der Waals surface area contributed by atoms with Crippen molar-refractivity contribution in [2.24, 2.45) is 0 Å². The van der Waals surface area contributed by atoms with Gasteiger partial charge in [0.1, 0.15) is 0 Å². The standard InChI is InChI=1S/C6H11N/c1-3-6-4-5-7(6)2/h3H,4-5H2,1-2H3/b6-3-. The molecule has 1 fully saturated rings. The third-order valence-corrected chi connectivity index (χ3v) is 1.53. The van der Waals surface area contributed by atoms with Gasteiger partial charge in [-0.15, -0.1) is 0 Å². The van der Waals surface area contributed by atoms with E-state index in [-0.39, 0.29) is 0 Å². The van der Waals surface area contributed by atoms with E-state index in [9.17, 15) is 0 Å². The average molecular weight is 97.2 g/mol. The molecular weight excluding hydrogens is 86.1 g/mol. The molecule has 1 rings (SSSR count). The fourth-order valence-corrected chi connectivity index (χ4v) is 0.829. The molecule has 0 bridgehead atoms. The fourth-order valence-electron chi connectivity index (χ4n) is 0.829. The van der Waals surface area contributed by atoms with Crippen molar-refractivity contribution in [2.75, 3.05) is 13.6 Å². The van der Waals surface area contributed by atoms with E-state index in [2.05, 4.69) is 24.9 Å². The first-order valence-corrected chi connectivity index (χ1v) is 2.71. The van der Waals surface area contributed by atoms with Crippen molar-refractivity contribution in [3.8, 4) is 0 Å². The van der Waals surface area contributed by atoms with E-state index < -0.39 is 0 Å².